The molecule has 2 aromatic heterocycles. The van der Waals surface area contributed by atoms with Crippen LogP contribution in [0, 0.1) is 4.77 Å². The van der Waals surface area contributed by atoms with Crippen molar-refractivity contribution in [2.75, 3.05) is 21.3 Å². The minimum absolute atomic E-state index is 0.342. The smallest absolute Gasteiger partial charge is 0.216 e. The highest BCUT2D eigenvalue weighted by molar-refractivity contribution is 7.71. The van der Waals surface area contributed by atoms with Crippen LogP contribution in [0.15, 0.2) is 53.6 Å². The van der Waals surface area contributed by atoms with Gasteiger partial charge in [0, 0.05) is 11.1 Å². The van der Waals surface area contributed by atoms with Gasteiger partial charge in [-0.2, -0.15) is 20.0 Å². The van der Waals surface area contributed by atoms with Gasteiger partial charge in [-0.15, -0.1) is 0 Å². The molecule has 4 aromatic rings. The number of aromatic nitrogens is 5. The summed E-state index contributed by atoms with van der Waals surface area (Å²) < 4.78 is 18.0. The second kappa shape index (κ2) is 8.84. The lowest BCUT2D eigenvalue weighted by Crippen LogP contribution is -1.98. The van der Waals surface area contributed by atoms with Gasteiger partial charge in [-0.3, -0.25) is 5.10 Å². The summed E-state index contributed by atoms with van der Waals surface area (Å²) in [5, 5.41) is 18.9. The van der Waals surface area contributed by atoms with E-state index < -0.39 is 0 Å². The van der Waals surface area contributed by atoms with E-state index in [0.717, 1.165) is 16.8 Å². The summed E-state index contributed by atoms with van der Waals surface area (Å²) in [5.41, 5.74) is 3.20. The first kappa shape index (κ1) is 20.4. The van der Waals surface area contributed by atoms with Crippen LogP contribution in [0.2, 0.25) is 0 Å². The fourth-order valence-corrected chi connectivity index (χ4v) is 3.25. The second-order valence-corrected chi connectivity index (χ2v) is 6.79. The van der Waals surface area contributed by atoms with E-state index in [9.17, 15) is 0 Å². The molecule has 0 aliphatic rings. The number of nitrogens with one attached hydrogen (secondary N) is 2. The molecule has 0 saturated carbocycles. The molecule has 2 heterocycles. The van der Waals surface area contributed by atoms with Crippen molar-refractivity contribution in [1.29, 1.82) is 0 Å². The Hall–Kier alpha value is -3.92. The minimum Gasteiger partial charge on any atom is -0.493 e. The highest BCUT2D eigenvalue weighted by atomic mass is 32.1. The van der Waals surface area contributed by atoms with Gasteiger partial charge in [-0.25, -0.2) is 5.10 Å². The number of ether oxygens (including phenoxy) is 3. The number of benzene rings is 2. The van der Waals surface area contributed by atoms with Gasteiger partial charge in [0.05, 0.1) is 33.2 Å². The van der Waals surface area contributed by atoms with Gasteiger partial charge in [0.15, 0.2) is 11.5 Å². The van der Waals surface area contributed by atoms with E-state index in [1.807, 2.05) is 36.4 Å². The summed E-state index contributed by atoms with van der Waals surface area (Å²) in [5.74, 6) is 2.07. The van der Waals surface area contributed by atoms with E-state index in [2.05, 4.69) is 25.5 Å². The summed E-state index contributed by atoms with van der Waals surface area (Å²) in [6.07, 6.45) is 1.63. The van der Waals surface area contributed by atoms with Crippen LogP contribution in [0.4, 0.5) is 0 Å². The Labute approximate surface area is 183 Å². The van der Waals surface area contributed by atoms with Crippen molar-refractivity contribution in [3.8, 4) is 40.0 Å². The van der Waals surface area contributed by atoms with Crippen LogP contribution in [0.25, 0.3) is 22.8 Å². The van der Waals surface area contributed by atoms with Gasteiger partial charge in [0.2, 0.25) is 16.3 Å². The van der Waals surface area contributed by atoms with Gasteiger partial charge in [-0.05, 0) is 30.4 Å². The minimum atomic E-state index is 0.342. The standard InChI is InChI=1S/C21H20N6O3S/c1-28-17-9-13(10-18(29-2)19(17)30-3)12-22-27-20(25-26-21(27)31)16-11-15(23-24-16)14-7-5-4-6-8-14/h4-12H,1-3H3,(H,23,24)(H,26,31)/b22-12-. The monoisotopic (exact) mass is 436 g/mol. The molecule has 10 heteroatoms. The Morgan fingerprint density at radius 2 is 1.65 bits per heavy atom. The fourth-order valence-electron chi connectivity index (χ4n) is 3.07. The van der Waals surface area contributed by atoms with E-state index in [1.54, 1.807) is 39.7 Å². The molecule has 0 spiro atoms. The van der Waals surface area contributed by atoms with E-state index >= 15 is 0 Å². The highest BCUT2D eigenvalue weighted by Gasteiger charge is 2.14. The molecule has 0 aliphatic heterocycles. The van der Waals surface area contributed by atoms with Crippen LogP contribution in [0.1, 0.15) is 5.56 Å². The van der Waals surface area contributed by atoms with Crippen molar-refractivity contribution in [3.05, 3.63) is 58.9 Å². The van der Waals surface area contributed by atoms with Crippen LogP contribution in [-0.2, 0) is 0 Å². The van der Waals surface area contributed by atoms with E-state index in [-0.39, 0.29) is 0 Å². The van der Waals surface area contributed by atoms with Crippen molar-refractivity contribution in [2.45, 2.75) is 0 Å². The SMILES string of the molecule is COc1cc(/C=N\n2c(-c3cc(-c4ccccc4)n[nH]3)n[nH]c2=S)cc(OC)c1OC. The van der Waals surface area contributed by atoms with Crippen LogP contribution < -0.4 is 14.2 Å². The summed E-state index contributed by atoms with van der Waals surface area (Å²) >= 11 is 5.35. The van der Waals surface area contributed by atoms with Gasteiger partial charge < -0.3 is 14.2 Å². The first-order chi connectivity index (χ1) is 15.1. The first-order valence-corrected chi connectivity index (χ1v) is 9.68. The average molecular weight is 436 g/mol. The second-order valence-electron chi connectivity index (χ2n) is 6.40. The normalized spacial score (nSPS) is 11.1. The predicted octanol–water partition coefficient (Wildman–Crippen LogP) is 3.91. The van der Waals surface area contributed by atoms with Crippen LogP contribution in [0.3, 0.4) is 0 Å². The third-order valence-electron chi connectivity index (χ3n) is 4.55. The molecule has 0 saturated heterocycles. The first-order valence-electron chi connectivity index (χ1n) is 9.27. The molecule has 4 rings (SSSR count). The molecule has 2 N–H and O–H groups in total. The molecule has 158 valence electrons. The lowest BCUT2D eigenvalue weighted by molar-refractivity contribution is 0.324. The quantitative estimate of drug-likeness (QED) is 0.336. The van der Waals surface area contributed by atoms with Crippen LogP contribution in [-0.4, -0.2) is 52.6 Å². The Kier molecular flexibility index (Phi) is 5.80. The topological polar surface area (TPSA) is 102 Å². The Morgan fingerprint density at radius 3 is 2.29 bits per heavy atom. The Bertz CT molecular complexity index is 1250. The zero-order chi connectivity index (χ0) is 21.8. The number of hydrogen-bond acceptors (Lipinski definition) is 7. The third-order valence-corrected chi connectivity index (χ3v) is 4.81. The summed E-state index contributed by atoms with van der Waals surface area (Å²) in [4.78, 5) is 0. The van der Waals surface area contributed by atoms with Crippen molar-refractivity contribution >= 4 is 18.4 Å². The molecule has 0 bridgehead atoms. The zero-order valence-corrected chi connectivity index (χ0v) is 17.9. The van der Waals surface area contributed by atoms with E-state index in [4.69, 9.17) is 26.4 Å². The number of H-pyrrole nitrogens is 2. The lowest BCUT2D eigenvalue weighted by atomic mass is 10.1. The maximum absolute atomic E-state index is 5.39. The molecule has 0 amide bonds. The highest BCUT2D eigenvalue weighted by Crippen LogP contribution is 2.37. The van der Waals surface area contributed by atoms with Crippen molar-refractivity contribution in [1.82, 2.24) is 25.1 Å². The summed E-state index contributed by atoms with van der Waals surface area (Å²) in [6, 6.07) is 15.3. The van der Waals surface area contributed by atoms with E-state index in [1.165, 1.54) is 4.68 Å². The van der Waals surface area contributed by atoms with Gasteiger partial charge in [0.1, 0.15) is 5.69 Å². The summed E-state index contributed by atoms with van der Waals surface area (Å²) in [6.45, 7) is 0. The van der Waals surface area contributed by atoms with Gasteiger partial charge >= 0.3 is 0 Å². The maximum Gasteiger partial charge on any atom is 0.216 e. The molecule has 0 atom stereocenters. The molecule has 0 aliphatic carbocycles. The predicted molar refractivity (Wildman–Crippen MR) is 120 cm³/mol. The van der Waals surface area contributed by atoms with Gasteiger partial charge in [-0.1, -0.05) is 30.3 Å². The van der Waals surface area contributed by atoms with Crippen molar-refractivity contribution in [3.63, 3.8) is 0 Å². The number of aromatic amines is 2. The van der Waals surface area contributed by atoms with Crippen molar-refractivity contribution in [2.24, 2.45) is 5.10 Å². The number of rotatable bonds is 7. The molecule has 0 radical (unpaired) electrons. The fraction of sp³-hybridized carbons (Fsp3) is 0.143. The van der Waals surface area contributed by atoms with Gasteiger partial charge in [0.25, 0.3) is 0 Å². The molecule has 9 nitrogen and oxygen atoms in total. The Morgan fingerprint density at radius 1 is 0.935 bits per heavy atom. The zero-order valence-electron chi connectivity index (χ0n) is 17.1. The number of nitrogens with zero attached hydrogens (tertiary/aromatic N) is 4. The lowest BCUT2D eigenvalue weighted by Gasteiger charge is -2.12. The number of hydrogen-bond donors (Lipinski definition) is 2. The summed E-state index contributed by atoms with van der Waals surface area (Å²) in [7, 11) is 4.68. The third kappa shape index (κ3) is 4.05. The molecular formula is C21H20N6O3S. The Balaban J connectivity index is 1.69. The molecule has 0 fully saturated rings. The molecule has 2 aromatic carbocycles. The number of methoxy groups -OCH3 is 3. The van der Waals surface area contributed by atoms with Crippen LogP contribution in [0.5, 0.6) is 17.2 Å². The molecule has 0 unspecified atom stereocenters. The maximum atomic E-state index is 5.39. The van der Waals surface area contributed by atoms with Crippen LogP contribution >= 0.6 is 12.2 Å². The van der Waals surface area contributed by atoms with Crippen molar-refractivity contribution < 1.29 is 14.2 Å². The molecular weight excluding hydrogens is 416 g/mol. The average Bonchev–Trinajstić information content (AvgIpc) is 3.44. The largest absolute Gasteiger partial charge is 0.493 e. The molecule has 31 heavy (non-hydrogen) atoms. The van der Waals surface area contributed by atoms with E-state index in [0.29, 0.717) is 33.5 Å².